The molecular weight excluding hydrogens is 392 g/mol. The Labute approximate surface area is 163 Å². The van der Waals surface area contributed by atoms with E-state index in [0.29, 0.717) is 23.6 Å². The monoisotopic (exact) mass is 410 g/mol. The summed E-state index contributed by atoms with van der Waals surface area (Å²) in [5.74, 6) is 0.164. The molecule has 1 aromatic carbocycles. The number of hydrogen-bond acceptors (Lipinski definition) is 6. The van der Waals surface area contributed by atoms with Crippen molar-refractivity contribution in [3.8, 4) is 11.4 Å². The summed E-state index contributed by atoms with van der Waals surface area (Å²) in [6, 6.07) is 5.15. The maximum absolute atomic E-state index is 14.1. The lowest BCUT2D eigenvalue weighted by atomic mass is 9.86. The van der Waals surface area contributed by atoms with Gasteiger partial charge in [0.1, 0.15) is 17.5 Å². The van der Waals surface area contributed by atoms with Gasteiger partial charge in [-0.3, -0.25) is 10.00 Å². The molecule has 1 aliphatic heterocycles. The van der Waals surface area contributed by atoms with E-state index in [1.54, 1.807) is 4.90 Å². The van der Waals surface area contributed by atoms with E-state index in [2.05, 4.69) is 25.3 Å². The SMILES string of the molecule is CCc1n[nH]c(CN2CCC(c3nc(-c4ccc(F)cc4)no3)(C(F)(F)F)C2)n1. The van der Waals surface area contributed by atoms with Crippen molar-refractivity contribution in [2.75, 3.05) is 13.1 Å². The van der Waals surface area contributed by atoms with Crippen molar-refractivity contribution in [1.82, 2.24) is 30.2 Å². The summed E-state index contributed by atoms with van der Waals surface area (Å²) < 4.78 is 60.4. The van der Waals surface area contributed by atoms with Crippen molar-refractivity contribution in [3.63, 3.8) is 0 Å². The Balaban J connectivity index is 1.59. The smallest absolute Gasteiger partial charge is 0.338 e. The summed E-state index contributed by atoms with van der Waals surface area (Å²) in [5, 5.41) is 10.5. The van der Waals surface area contributed by atoms with Crippen LogP contribution in [0.5, 0.6) is 0 Å². The maximum Gasteiger partial charge on any atom is 0.404 e. The van der Waals surface area contributed by atoms with Crippen LogP contribution < -0.4 is 0 Å². The minimum atomic E-state index is -4.58. The molecule has 0 bridgehead atoms. The molecule has 0 amide bonds. The molecule has 0 aliphatic carbocycles. The van der Waals surface area contributed by atoms with E-state index < -0.39 is 23.3 Å². The molecule has 1 N–H and O–H groups in total. The number of rotatable bonds is 5. The van der Waals surface area contributed by atoms with Crippen LogP contribution in [-0.4, -0.2) is 49.5 Å². The van der Waals surface area contributed by atoms with Crippen LogP contribution in [0.25, 0.3) is 11.4 Å². The minimum absolute atomic E-state index is 0.00935. The Hall–Kier alpha value is -2.82. The fourth-order valence-electron chi connectivity index (χ4n) is 3.46. The van der Waals surface area contributed by atoms with Gasteiger partial charge in [0.05, 0.1) is 6.54 Å². The molecule has 154 valence electrons. The Morgan fingerprint density at radius 1 is 1.21 bits per heavy atom. The van der Waals surface area contributed by atoms with Gasteiger partial charge in [0.25, 0.3) is 0 Å². The fourth-order valence-corrected chi connectivity index (χ4v) is 3.46. The van der Waals surface area contributed by atoms with E-state index in [1.807, 2.05) is 6.92 Å². The molecular formula is C18H18F4N6O. The van der Waals surface area contributed by atoms with Gasteiger partial charge < -0.3 is 4.52 Å². The summed E-state index contributed by atoms with van der Waals surface area (Å²) >= 11 is 0. The number of alkyl halides is 3. The van der Waals surface area contributed by atoms with E-state index in [0.717, 1.165) is 0 Å². The van der Waals surface area contributed by atoms with Crippen molar-refractivity contribution in [3.05, 3.63) is 47.6 Å². The summed E-state index contributed by atoms with van der Waals surface area (Å²) in [5.41, 5.74) is -1.89. The van der Waals surface area contributed by atoms with Gasteiger partial charge in [0.2, 0.25) is 11.7 Å². The molecule has 11 heteroatoms. The van der Waals surface area contributed by atoms with Crippen molar-refractivity contribution in [2.24, 2.45) is 0 Å². The Morgan fingerprint density at radius 3 is 2.62 bits per heavy atom. The second kappa shape index (κ2) is 7.21. The lowest BCUT2D eigenvalue weighted by Gasteiger charge is -2.27. The highest BCUT2D eigenvalue weighted by Crippen LogP contribution is 2.47. The quantitative estimate of drug-likeness (QED) is 0.650. The number of halogens is 4. The summed E-state index contributed by atoms with van der Waals surface area (Å²) in [7, 11) is 0. The fraction of sp³-hybridized carbons (Fsp3) is 0.444. The number of benzene rings is 1. The second-order valence-electron chi connectivity index (χ2n) is 7.02. The van der Waals surface area contributed by atoms with E-state index in [4.69, 9.17) is 4.52 Å². The number of aryl methyl sites for hydroxylation is 1. The average Bonchev–Trinajstić information content (AvgIpc) is 3.41. The third-order valence-electron chi connectivity index (χ3n) is 5.10. The largest absolute Gasteiger partial charge is 0.404 e. The van der Waals surface area contributed by atoms with Crippen molar-refractivity contribution >= 4 is 0 Å². The number of nitrogens with zero attached hydrogens (tertiary/aromatic N) is 5. The molecule has 1 atom stereocenters. The van der Waals surface area contributed by atoms with Crippen LogP contribution >= 0.6 is 0 Å². The van der Waals surface area contributed by atoms with Gasteiger partial charge in [0.15, 0.2) is 5.41 Å². The van der Waals surface area contributed by atoms with E-state index >= 15 is 0 Å². The van der Waals surface area contributed by atoms with Gasteiger partial charge in [-0.2, -0.15) is 23.3 Å². The van der Waals surface area contributed by atoms with Crippen LogP contribution in [0.4, 0.5) is 17.6 Å². The third kappa shape index (κ3) is 3.61. The standard InChI is InChI=1S/C18H18F4N6O/c1-2-13-23-14(26-25-13)9-28-8-7-17(10-28,18(20,21)22)16-24-15(27-29-16)11-3-5-12(19)6-4-11/h3-6H,2,7-10H2,1H3,(H,23,25,26). The molecule has 3 heterocycles. The highest BCUT2D eigenvalue weighted by molar-refractivity contribution is 5.54. The van der Waals surface area contributed by atoms with Gasteiger partial charge in [-0.05, 0) is 30.7 Å². The average molecular weight is 410 g/mol. The molecule has 4 rings (SSSR count). The van der Waals surface area contributed by atoms with Gasteiger partial charge in [0, 0.05) is 25.1 Å². The summed E-state index contributed by atoms with van der Waals surface area (Å²) in [6.07, 6.45) is -4.15. The number of aromatic amines is 1. The number of nitrogens with one attached hydrogen (secondary N) is 1. The van der Waals surface area contributed by atoms with Crippen molar-refractivity contribution in [1.29, 1.82) is 0 Å². The Kier molecular flexibility index (Phi) is 4.85. The molecule has 0 spiro atoms. The molecule has 0 radical (unpaired) electrons. The maximum atomic E-state index is 14.1. The third-order valence-corrected chi connectivity index (χ3v) is 5.10. The molecule has 1 unspecified atom stereocenters. The zero-order valence-corrected chi connectivity index (χ0v) is 15.5. The highest BCUT2D eigenvalue weighted by atomic mass is 19.4. The predicted molar refractivity (Wildman–Crippen MR) is 93.1 cm³/mol. The van der Waals surface area contributed by atoms with Crippen LogP contribution in [-0.2, 0) is 18.4 Å². The second-order valence-corrected chi connectivity index (χ2v) is 7.02. The normalized spacial score (nSPS) is 20.4. The topological polar surface area (TPSA) is 83.7 Å². The predicted octanol–water partition coefficient (Wildman–Crippen LogP) is 3.26. The Morgan fingerprint density at radius 2 is 1.97 bits per heavy atom. The zero-order valence-electron chi connectivity index (χ0n) is 15.5. The first-order chi connectivity index (χ1) is 13.8. The van der Waals surface area contributed by atoms with Gasteiger partial charge in [-0.25, -0.2) is 9.37 Å². The molecule has 7 nitrogen and oxygen atoms in total. The van der Waals surface area contributed by atoms with E-state index in [1.165, 1.54) is 24.3 Å². The number of aromatic nitrogens is 5. The van der Waals surface area contributed by atoms with E-state index in [-0.39, 0.29) is 31.9 Å². The minimum Gasteiger partial charge on any atom is -0.338 e. The van der Waals surface area contributed by atoms with Crippen molar-refractivity contribution < 1.29 is 22.1 Å². The lowest BCUT2D eigenvalue weighted by Crippen LogP contribution is -2.45. The number of likely N-dealkylation sites (tertiary alicyclic amines) is 1. The first-order valence-electron chi connectivity index (χ1n) is 9.10. The number of H-pyrrole nitrogens is 1. The first-order valence-corrected chi connectivity index (χ1v) is 9.10. The van der Waals surface area contributed by atoms with Crippen LogP contribution in [0, 0.1) is 5.82 Å². The molecule has 2 aromatic heterocycles. The summed E-state index contributed by atoms with van der Waals surface area (Å²) in [4.78, 5) is 9.90. The van der Waals surface area contributed by atoms with Crippen LogP contribution in [0.3, 0.4) is 0 Å². The molecule has 0 saturated carbocycles. The molecule has 3 aromatic rings. The van der Waals surface area contributed by atoms with Crippen LogP contribution in [0.15, 0.2) is 28.8 Å². The highest BCUT2D eigenvalue weighted by Gasteiger charge is 2.62. The van der Waals surface area contributed by atoms with Crippen LogP contribution in [0.1, 0.15) is 30.9 Å². The molecule has 1 saturated heterocycles. The van der Waals surface area contributed by atoms with Gasteiger partial charge >= 0.3 is 6.18 Å². The lowest BCUT2D eigenvalue weighted by molar-refractivity contribution is -0.193. The molecule has 1 fully saturated rings. The van der Waals surface area contributed by atoms with Gasteiger partial charge in [-0.1, -0.05) is 12.1 Å². The Bertz CT molecular complexity index is 983. The van der Waals surface area contributed by atoms with E-state index in [9.17, 15) is 17.6 Å². The molecule has 29 heavy (non-hydrogen) atoms. The molecule has 1 aliphatic rings. The van der Waals surface area contributed by atoms with Crippen molar-refractivity contribution in [2.45, 2.75) is 37.9 Å². The number of hydrogen-bond donors (Lipinski definition) is 1. The summed E-state index contributed by atoms with van der Waals surface area (Å²) in [6.45, 7) is 1.97. The van der Waals surface area contributed by atoms with Crippen LogP contribution in [0.2, 0.25) is 0 Å². The van der Waals surface area contributed by atoms with Gasteiger partial charge in [-0.15, -0.1) is 0 Å². The first kappa shape index (κ1) is 19.5. The zero-order chi connectivity index (χ0) is 20.6.